The maximum Gasteiger partial charge on any atom is 0.193 e. The second-order valence-corrected chi connectivity index (χ2v) is 6.61. The summed E-state index contributed by atoms with van der Waals surface area (Å²) in [7, 11) is 1.88. The zero-order valence-electron chi connectivity index (χ0n) is 12.1. The van der Waals surface area contributed by atoms with Crippen molar-refractivity contribution < 1.29 is 4.74 Å². The Hall–Kier alpha value is -1.07. The molecule has 0 amide bonds. The summed E-state index contributed by atoms with van der Waals surface area (Å²) in [4.78, 5) is 6.83. The van der Waals surface area contributed by atoms with E-state index in [0.29, 0.717) is 5.41 Å². The van der Waals surface area contributed by atoms with Gasteiger partial charge in [-0.05, 0) is 41.7 Å². The number of nitrogens with one attached hydrogen (secondary N) is 1. The maximum atomic E-state index is 5.59. The van der Waals surface area contributed by atoms with E-state index in [1.54, 1.807) is 11.3 Å². The average Bonchev–Trinajstić information content (AvgIpc) is 3.19. The van der Waals surface area contributed by atoms with E-state index in [2.05, 4.69) is 32.0 Å². The summed E-state index contributed by atoms with van der Waals surface area (Å²) in [5, 5.41) is 7.84. The van der Waals surface area contributed by atoms with Gasteiger partial charge in [0.25, 0.3) is 0 Å². The van der Waals surface area contributed by atoms with Crippen LogP contribution in [0.4, 0.5) is 0 Å². The first kappa shape index (κ1) is 13.9. The van der Waals surface area contributed by atoms with Gasteiger partial charge in [-0.1, -0.05) is 0 Å². The van der Waals surface area contributed by atoms with Crippen LogP contribution in [0.3, 0.4) is 0 Å². The molecule has 20 heavy (non-hydrogen) atoms. The second-order valence-electron chi connectivity index (χ2n) is 5.83. The lowest BCUT2D eigenvalue weighted by atomic mass is 9.87. The molecule has 0 radical (unpaired) electrons. The zero-order chi connectivity index (χ0) is 13.8. The first-order chi connectivity index (χ1) is 9.81. The number of hydrogen-bond donors (Lipinski definition) is 1. The Morgan fingerprint density at radius 3 is 3.20 bits per heavy atom. The monoisotopic (exact) mass is 293 g/mol. The van der Waals surface area contributed by atoms with Gasteiger partial charge in [-0.15, -0.1) is 0 Å². The minimum atomic E-state index is 0.394. The predicted molar refractivity (Wildman–Crippen MR) is 83.4 cm³/mol. The third-order valence-corrected chi connectivity index (χ3v) is 5.14. The highest BCUT2D eigenvalue weighted by Crippen LogP contribution is 2.38. The molecule has 2 aliphatic rings. The fourth-order valence-corrected chi connectivity index (χ4v) is 3.88. The van der Waals surface area contributed by atoms with E-state index in [1.165, 1.54) is 18.4 Å². The SMILES string of the molecule is CN=C(NCCc1ccsc1)N1CCC2(CCOC2)C1. The van der Waals surface area contributed by atoms with Crippen LogP contribution >= 0.6 is 11.3 Å². The fraction of sp³-hybridized carbons (Fsp3) is 0.667. The van der Waals surface area contributed by atoms with Crippen LogP contribution in [0.15, 0.2) is 21.8 Å². The number of guanidine groups is 1. The number of ether oxygens (including phenoxy) is 1. The molecule has 0 aliphatic carbocycles. The van der Waals surface area contributed by atoms with Crippen molar-refractivity contribution in [3.8, 4) is 0 Å². The first-order valence-corrected chi connectivity index (χ1v) is 8.30. The minimum Gasteiger partial charge on any atom is -0.381 e. The molecule has 1 unspecified atom stereocenters. The third-order valence-electron chi connectivity index (χ3n) is 4.41. The normalized spacial score (nSPS) is 26.6. The lowest BCUT2D eigenvalue weighted by Gasteiger charge is -2.24. The number of nitrogens with zero attached hydrogens (tertiary/aromatic N) is 2. The highest BCUT2D eigenvalue weighted by molar-refractivity contribution is 7.07. The van der Waals surface area contributed by atoms with Crippen LogP contribution in [0.5, 0.6) is 0 Å². The molecule has 0 aromatic carbocycles. The summed E-state index contributed by atoms with van der Waals surface area (Å²) in [6, 6.07) is 2.19. The molecule has 3 heterocycles. The molecule has 110 valence electrons. The molecule has 4 nitrogen and oxygen atoms in total. The van der Waals surface area contributed by atoms with Crippen molar-refractivity contribution in [1.82, 2.24) is 10.2 Å². The van der Waals surface area contributed by atoms with E-state index < -0.39 is 0 Å². The Kier molecular flexibility index (Phi) is 4.27. The van der Waals surface area contributed by atoms with Crippen LogP contribution < -0.4 is 5.32 Å². The highest BCUT2D eigenvalue weighted by atomic mass is 32.1. The minimum absolute atomic E-state index is 0.394. The summed E-state index contributed by atoms with van der Waals surface area (Å²) in [6.07, 6.45) is 3.50. The van der Waals surface area contributed by atoms with Gasteiger partial charge in [0, 0.05) is 38.7 Å². The van der Waals surface area contributed by atoms with Gasteiger partial charge < -0.3 is 15.0 Å². The van der Waals surface area contributed by atoms with Crippen LogP contribution in [-0.4, -0.2) is 50.8 Å². The van der Waals surface area contributed by atoms with E-state index in [4.69, 9.17) is 4.74 Å². The van der Waals surface area contributed by atoms with E-state index in [9.17, 15) is 0 Å². The largest absolute Gasteiger partial charge is 0.381 e. The molecule has 1 atom stereocenters. The van der Waals surface area contributed by atoms with Crippen molar-refractivity contribution in [2.45, 2.75) is 19.3 Å². The summed E-state index contributed by atoms with van der Waals surface area (Å²) in [6.45, 7) is 4.99. The molecule has 1 N–H and O–H groups in total. The average molecular weight is 293 g/mol. The molecule has 2 fully saturated rings. The Morgan fingerprint density at radius 1 is 1.55 bits per heavy atom. The van der Waals surface area contributed by atoms with Crippen LogP contribution in [0.25, 0.3) is 0 Å². The standard InChI is InChI=1S/C15H23N3OS/c1-16-14(17-6-2-13-3-9-20-10-13)18-7-4-15(11-18)5-8-19-12-15/h3,9-10H,2,4-8,11-12H2,1H3,(H,16,17). The third kappa shape index (κ3) is 2.99. The molecule has 1 aromatic rings. The van der Waals surface area contributed by atoms with Gasteiger partial charge in [0.2, 0.25) is 0 Å². The van der Waals surface area contributed by atoms with Crippen molar-refractivity contribution >= 4 is 17.3 Å². The Labute approximate surface area is 124 Å². The molecule has 0 saturated carbocycles. The first-order valence-electron chi connectivity index (χ1n) is 7.36. The molecular weight excluding hydrogens is 270 g/mol. The maximum absolute atomic E-state index is 5.59. The van der Waals surface area contributed by atoms with Gasteiger partial charge in [-0.3, -0.25) is 4.99 Å². The van der Waals surface area contributed by atoms with Gasteiger partial charge in [-0.2, -0.15) is 11.3 Å². The Balaban J connectivity index is 1.50. The van der Waals surface area contributed by atoms with E-state index in [-0.39, 0.29) is 0 Å². The molecule has 2 saturated heterocycles. The predicted octanol–water partition coefficient (Wildman–Crippen LogP) is 1.98. The second kappa shape index (κ2) is 6.14. The summed E-state index contributed by atoms with van der Waals surface area (Å²) >= 11 is 1.76. The highest BCUT2D eigenvalue weighted by Gasteiger charge is 2.42. The molecule has 1 spiro atoms. The summed E-state index contributed by atoms with van der Waals surface area (Å²) in [5.41, 5.74) is 1.80. The molecule has 3 rings (SSSR count). The lowest BCUT2D eigenvalue weighted by Crippen LogP contribution is -2.42. The number of thiophene rings is 1. The Bertz CT molecular complexity index is 452. The van der Waals surface area contributed by atoms with E-state index in [1.807, 2.05) is 7.05 Å². The number of hydrogen-bond acceptors (Lipinski definition) is 3. The van der Waals surface area contributed by atoms with Crippen molar-refractivity contribution in [2.24, 2.45) is 10.4 Å². The van der Waals surface area contributed by atoms with E-state index in [0.717, 1.165) is 45.2 Å². The molecular formula is C15H23N3OS. The quantitative estimate of drug-likeness (QED) is 0.684. The topological polar surface area (TPSA) is 36.9 Å². The summed E-state index contributed by atoms with van der Waals surface area (Å²) in [5.74, 6) is 1.05. The van der Waals surface area contributed by atoms with Crippen molar-refractivity contribution in [3.05, 3.63) is 22.4 Å². The van der Waals surface area contributed by atoms with Crippen molar-refractivity contribution in [3.63, 3.8) is 0 Å². The molecule has 2 aliphatic heterocycles. The van der Waals surface area contributed by atoms with Gasteiger partial charge >= 0.3 is 0 Å². The smallest absolute Gasteiger partial charge is 0.193 e. The fourth-order valence-electron chi connectivity index (χ4n) is 3.17. The van der Waals surface area contributed by atoms with Gasteiger partial charge in [0.1, 0.15) is 0 Å². The number of aliphatic imine (C=N–C) groups is 1. The zero-order valence-corrected chi connectivity index (χ0v) is 12.9. The Morgan fingerprint density at radius 2 is 2.50 bits per heavy atom. The van der Waals surface area contributed by atoms with Crippen LogP contribution in [0.2, 0.25) is 0 Å². The van der Waals surface area contributed by atoms with Crippen LogP contribution in [0.1, 0.15) is 18.4 Å². The van der Waals surface area contributed by atoms with E-state index >= 15 is 0 Å². The van der Waals surface area contributed by atoms with Gasteiger partial charge in [0.05, 0.1) is 6.61 Å². The lowest BCUT2D eigenvalue weighted by molar-refractivity contribution is 0.156. The molecule has 0 bridgehead atoms. The molecule has 5 heteroatoms. The van der Waals surface area contributed by atoms with Gasteiger partial charge in [0.15, 0.2) is 5.96 Å². The van der Waals surface area contributed by atoms with Crippen molar-refractivity contribution in [1.29, 1.82) is 0 Å². The van der Waals surface area contributed by atoms with Crippen LogP contribution in [-0.2, 0) is 11.2 Å². The number of rotatable bonds is 3. The van der Waals surface area contributed by atoms with Crippen LogP contribution in [0, 0.1) is 5.41 Å². The summed E-state index contributed by atoms with van der Waals surface area (Å²) < 4.78 is 5.59. The molecule has 1 aromatic heterocycles. The van der Waals surface area contributed by atoms with Crippen molar-refractivity contribution in [2.75, 3.05) is 39.9 Å². The number of likely N-dealkylation sites (tertiary alicyclic amines) is 1. The van der Waals surface area contributed by atoms with Gasteiger partial charge in [-0.25, -0.2) is 0 Å².